The van der Waals surface area contributed by atoms with E-state index in [0.717, 1.165) is 0 Å². The summed E-state index contributed by atoms with van der Waals surface area (Å²) in [5.74, 6) is 5.35. The maximum Gasteiger partial charge on any atom is 0.317 e. The van der Waals surface area contributed by atoms with Gasteiger partial charge in [0.1, 0.15) is 0 Å². The molecular weight excluding hydrogens is 300 g/mol. The van der Waals surface area contributed by atoms with Crippen LogP contribution < -0.4 is 0 Å². The van der Waals surface area contributed by atoms with Gasteiger partial charge in [-0.2, -0.15) is 0 Å². The molecule has 0 saturated heterocycles. The van der Waals surface area contributed by atoms with Crippen molar-refractivity contribution in [2.45, 2.75) is 6.92 Å². The van der Waals surface area contributed by atoms with Crippen LogP contribution in [-0.2, 0) is 29.7 Å². The molecule has 0 fully saturated rings. The van der Waals surface area contributed by atoms with Gasteiger partial charge < -0.3 is 16.9 Å². The van der Waals surface area contributed by atoms with Crippen molar-refractivity contribution in [3.05, 3.63) is 24.2 Å². The van der Waals surface area contributed by atoms with Crippen molar-refractivity contribution in [2.75, 3.05) is 0 Å². The Hall–Kier alpha value is -0.221. The molecule has 9 heavy (non-hydrogen) atoms. The van der Waals surface area contributed by atoms with E-state index in [1.165, 1.54) is 6.92 Å². The summed E-state index contributed by atoms with van der Waals surface area (Å²) >= 11 is 0. The van der Waals surface area contributed by atoms with Gasteiger partial charge in [-0.3, -0.25) is 0 Å². The van der Waals surface area contributed by atoms with Crippen molar-refractivity contribution in [2.24, 2.45) is 0 Å². The molecule has 57 valence electrons. The van der Waals surface area contributed by atoms with Crippen molar-refractivity contribution < 1.29 is 29.7 Å². The van der Waals surface area contributed by atoms with Crippen molar-refractivity contribution in [3.8, 4) is 0 Å². The fourth-order valence-electron chi connectivity index (χ4n) is 0.0871. The van der Waals surface area contributed by atoms with E-state index in [1.807, 2.05) is 0 Å². The molecule has 4 nitrogen and oxygen atoms in total. The first-order valence-corrected chi connectivity index (χ1v) is 1.72. The third-order valence-electron chi connectivity index (χ3n) is 0.441. The fraction of sp³-hybridized carbons (Fsp3) is 0.250. The van der Waals surface area contributed by atoms with Crippen LogP contribution in [0.25, 0.3) is 12.0 Å². The van der Waals surface area contributed by atoms with Crippen LogP contribution in [0.1, 0.15) is 6.92 Å². The van der Waals surface area contributed by atoms with Crippen LogP contribution in [0, 0.1) is 0 Å². The van der Waals surface area contributed by atoms with Gasteiger partial charge in [0.25, 0.3) is 0 Å². The minimum Gasteiger partial charge on any atom is -0.693 e. The second-order valence-electron chi connectivity index (χ2n) is 1.17. The first-order chi connectivity index (χ1) is 3.18. The van der Waals surface area contributed by atoms with Crippen LogP contribution in [0.3, 0.4) is 0 Å². The summed E-state index contributed by atoms with van der Waals surface area (Å²) in [5, 5.41) is 0. The van der Waals surface area contributed by atoms with E-state index in [4.69, 9.17) is 5.90 Å². The van der Waals surface area contributed by atoms with Crippen LogP contribution in [0.4, 0.5) is 0 Å². The van der Waals surface area contributed by atoms with E-state index in [-0.39, 0.29) is 31.8 Å². The number of nitrogens with one attached hydrogen (secondary N) is 1. The van der Waals surface area contributed by atoms with E-state index in [2.05, 4.69) is 11.4 Å². The first kappa shape index (κ1) is 15.9. The second kappa shape index (κ2) is 7.78. The summed E-state index contributed by atoms with van der Waals surface area (Å²) in [6.45, 7) is 4.71. The molecule has 0 saturated carbocycles. The Morgan fingerprint density at radius 1 is 1.67 bits per heavy atom. The number of rotatable bonds is 1. The standard InChI is InChI=1S/C4H6NO2.Ir.H2N/c1-3(2)4(6)7-5;;/h5H,1H2,2H3;;1H2/q-1;;-1. The van der Waals surface area contributed by atoms with Crippen LogP contribution in [0.5, 0.6) is 0 Å². The summed E-state index contributed by atoms with van der Waals surface area (Å²) in [6.07, 6.45) is 0. The Balaban J connectivity index is -0.000000180. The van der Waals surface area contributed by atoms with Gasteiger partial charge >= 0.3 is 5.97 Å². The maximum atomic E-state index is 10.0. The molecule has 0 aliphatic heterocycles. The van der Waals surface area contributed by atoms with Crippen molar-refractivity contribution in [1.82, 2.24) is 0 Å². The topological polar surface area (TPSA) is 83.6 Å². The van der Waals surface area contributed by atoms with E-state index in [0.29, 0.717) is 0 Å². The minimum atomic E-state index is -0.681. The van der Waals surface area contributed by atoms with E-state index < -0.39 is 5.97 Å². The van der Waals surface area contributed by atoms with Gasteiger partial charge in [0.15, 0.2) is 0 Å². The van der Waals surface area contributed by atoms with Crippen LogP contribution in [-0.4, -0.2) is 5.97 Å². The van der Waals surface area contributed by atoms with Gasteiger partial charge in [-0.05, 0) is 6.92 Å². The van der Waals surface area contributed by atoms with Crippen LogP contribution in [0.15, 0.2) is 12.2 Å². The summed E-state index contributed by atoms with van der Waals surface area (Å²) in [5.41, 5.74) is 0.245. The van der Waals surface area contributed by atoms with Crippen molar-refractivity contribution in [3.63, 3.8) is 0 Å². The third kappa shape index (κ3) is 7.78. The molecule has 0 spiro atoms. The van der Waals surface area contributed by atoms with E-state index in [1.54, 1.807) is 0 Å². The number of hydrogen-bond acceptors (Lipinski definition) is 2. The zero-order chi connectivity index (χ0) is 5.86. The van der Waals surface area contributed by atoms with Gasteiger partial charge in [0.2, 0.25) is 0 Å². The van der Waals surface area contributed by atoms with Gasteiger partial charge in [0.05, 0.1) is 0 Å². The molecule has 0 atom stereocenters. The number of carbonyl (C=O) groups excluding carboxylic acids is 1. The Morgan fingerprint density at radius 2 is 2.00 bits per heavy atom. The molecule has 5 heteroatoms. The van der Waals surface area contributed by atoms with Crippen LogP contribution >= 0.6 is 0 Å². The average molecular weight is 308 g/mol. The average Bonchev–Trinajstić information content (AvgIpc) is 1.65. The predicted molar refractivity (Wildman–Crippen MR) is 30.5 cm³/mol. The molecule has 0 rings (SSSR count). The normalized spacial score (nSPS) is 6.00. The molecule has 0 unspecified atom stereocenters. The zero-order valence-corrected chi connectivity index (χ0v) is 7.33. The fourth-order valence-corrected chi connectivity index (χ4v) is 0.0871. The predicted octanol–water partition coefficient (Wildman–Crippen LogP) is 1.79. The summed E-state index contributed by atoms with van der Waals surface area (Å²) in [4.78, 5) is 13.5. The number of carbonyl (C=O) groups is 1. The monoisotopic (exact) mass is 309 g/mol. The molecule has 1 radical (unpaired) electrons. The molecule has 0 aromatic carbocycles. The molecule has 3 N–H and O–H groups in total. The minimum absolute atomic E-state index is 0. The number of hydrogen-bond donors (Lipinski definition) is 0. The summed E-state index contributed by atoms with van der Waals surface area (Å²) in [6, 6.07) is 0. The molecule has 0 aliphatic rings. The van der Waals surface area contributed by atoms with Crippen LogP contribution in [0.2, 0.25) is 0 Å². The molecule has 0 heterocycles. The Kier molecular flexibility index (Phi) is 13.7. The Bertz CT molecular complexity index is 105. The molecule has 0 aliphatic carbocycles. The first-order valence-electron chi connectivity index (χ1n) is 1.72. The van der Waals surface area contributed by atoms with Crippen molar-refractivity contribution >= 4 is 5.97 Å². The molecule has 0 aromatic rings. The Labute approximate surface area is 67.3 Å². The smallest absolute Gasteiger partial charge is 0.317 e. The molecule has 0 aromatic heterocycles. The number of nitrogens with two attached hydrogens (primary N) is 1. The maximum absolute atomic E-state index is 10.0. The third-order valence-corrected chi connectivity index (χ3v) is 0.441. The van der Waals surface area contributed by atoms with Gasteiger partial charge in [-0.25, -0.2) is 4.79 Å². The SMILES string of the molecule is C=C(C)C(=O)O[NH-].[Ir].[NH2-]. The van der Waals surface area contributed by atoms with Crippen molar-refractivity contribution in [1.29, 1.82) is 0 Å². The van der Waals surface area contributed by atoms with Gasteiger partial charge in [-0.1, -0.05) is 6.58 Å². The summed E-state index contributed by atoms with van der Waals surface area (Å²) in [7, 11) is 0. The largest absolute Gasteiger partial charge is 0.693 e. The Morgan fingerprint density at radius 3 is 2.00 bits per heavy atom. The molecule has 0 bridgehead atoms. The zero-order valence-electron chi connectivity index (χ0n) is 4.93. The second-order valence-corrected chi connectivity index (χ2v) is 1.17. The molecular formula is C4H8IrN2O2-2. The van der Waals surface area contributed by atoms with Gasteiger partial charge in [0, 0.05) is 25.7 Å². The summed E-state index contributed by atoms with van der Waals surface area (Å²) < 4.78 is 0. The van der Waals surface area contributed by atoms with Gasteiger partial charge in [-0.15, -0.1) is 0 Å². The molecule has 0 amide bonds. The van der Waals surface area contributed by atoms with E-state index >= 15 is 0 Å². The van der Waals surface area contributed by atoms with E-state index in [9.17, 15) is 4.79 Å². The quantitative estimate of drug-likeness (QED) is 0.546.